The normalized spacial score (nSPS) is 12.6. The van der Waals surface area contributed by atoms with Gasteiger partial charge in [-0.2, -0.15) is 0 Å². The molecule has 0 aromatic heterocycles. The molecule has 88 valence electrons. The fourth-order valence-corrected chi connectivity index (χ4v) is 2.46. The maximum Gasteiger partial charge on any atom is 0.229 e. The zero-order valence-electron chi connectivity index (χ0n) is 9.82. The van der Waals surface area contributed by atoms with E-state index in [4.69, 9.17) is 11.6 Å². The van der Waals surface area contributed by atoms with Gasteiger partial charge in [0.2, 0.25) is 5.24 Å². The molecule has 0 spiro atoms. The molecular formula is C15H15ClO. The van der Waals surface area contributed by atoms with Crippen molar-refractivity contribution in [2.75, 3.05) is 0 Å². The van der Waals surface area contributed by atoms with Crippen LogP contribution in [0.25, 0.3) is 10.8 Å². The second kappa shape index (κ2) is 5.33. The molecule has 2 rings (SSSR count). The van der Waals surface area contributed by atoms with Gasteiger partial charge in [-0.15, -0.1) is 0 Å². The molecule has 0 amide bonds. The fraction of sp³-hybridized carbons (Fsp3) is 0.267. The Hall–Kier alpha value is -1.34. The molecule has 0 N–H and O–H groups in total. The lowest BCUT2D eigenvalue weighted by atomic mass is 9.91. The number of carbonyl (C=O) groups excluding carboxylic acids is 1. The van der Waals surface area contributed by atoms with E-state index in [1.807, 2.05) is 30.3 Å². The molecular weight excluding hydrogens is 232 g/mol. The van der Waals surface area contributed by atoms with Gasteiger partial charge >= 0.3 is 0 Å². The van der Waals surface area contributed by atoms with Crippen molar-refractivity contribution in [3.05, 3.63) is 48.0 Å². The summed E-state index contributed by atoms with van der Waals surface area (Å²) in [5, 5.41) is 2.02. The summed E-state index contributed by atoms with van der Waals surface area (Å²) >= 11 is 5.72. The Labute approximate surface area is 106 Å². The molecule has 0 fully saturated rings. The number of halogens is 1. The minimum absolute atomic E-state index is 0.187. The first-order valence-electron chi connectivity index (χ1n) is 5.91. The number of rotatable bonds is 4. The van der Waals surface area contributed by atoms with Gasteiger partial charge in [0, 0.05) is 0 Å². The highest BCUT2D eigenvalue weighted by Crippen LogP contribution is 2.30. The van der Waals surface area contributed by atoms with E-state index in [0.717, 1.165) is 29.2 Å². The van der Waals surface area contributed by atoms with Gasteiger partial charge in [-0.05, 0) is 34.4 Å². The summed E-state index contributed by atoms with van der Waals surface area (Å²) in [6, 6.07) is 14.1. The number of hydrogen-bond donors (Lipinski definition) is 0. The minimum atomic E-state index is -0.261. The van der Waals surface area contributed by atoms with E-state index in [0.29, 0.717) is 0 Å². The van der Waals surface area contributed by atoms with Gasteiger partial charge in [0.15, 0.2) is 0 Å². The van der Waals surface area contributed by atoms with Crippen molar-refractivity contribution < 1.29 is 4.79 Å². The van der Waals surface area contributed by atoms with E-state index in [9.17, 15) is 4.79 Å². The van der Waals surface area contributed by atoms with Crippen LogP contribution in [0.2, 0.25) is 0 Å². The van der Waals surface area contributed by atoms with E-state index in [2.05, 4.69) is 19.1 Å². The lowest BCUT2D eigenvalue weighted by Gasteiger charge is -2.14. The molecule has 0 aliphatic rings. The molecule has 2 aromatic carbocycles. The number of carbonyl (C=O) groups is 1. The highest BCUT2D eigenvalue weighted by Gasteiger charge is 2.19. The zero-order valence-corrected chi connectivity index (χ0v) is 10.6. The summed E-state index contributed by atoms with van der Waals surface area (Å²) in [5.41, 5.74) is 1.05. The smallest absolute Gasteiger partial charge is 0.229 e. The van der Waals surface area contributed by atoms with E-state index in [1.54, 1.807) is 0 Å². The quantitative estimate of drug-likeness (QED) is 0.727. The summed E-state index contributed by atoms with van der Waals surface area (Å²) in [6.07, 6.45) is 1.75. The Kier molecular flexibility index (Phi) is 3.80. The molecule has 1 nitrogen and oxygen atoms in total. The summed E-state index contributed by atoms with van der Waals surface area (Å²) in [4.78, 5) is 11.5. The second-order valence-corrected chi connectivity index (χ2v) is 4.59. The number of fused-ring (bicyclic) bond motifs is 1. The monoisotopic (exact) mass is 246 g/mol. The number of hydrogen-bond acceptors (Lipinski definition) is 1. The van der Waals surface area contributed by atoms with Gasteiger partial charge in [0.25, 0.3) is 0 Å². The van der Waals surface area contributed by atoms with Crippen LogP contribution in [0.3, 0.4) is 0 Å². The highest BCUT2D eigenvalue weighted by atomic mass is 35.5. The van der Waals surface area contributed by atoms with Crippen LogP contribution >= 0.6 is 11.6 Å². The van der Waals surface area contributed by atoms with Gasteiger partial charge in [-0.25, -0.2) is 0 Å². The zero-order chi connectivity index (χ0) is 12.3. The van der Waals surface area contributed by atoms with Gasteiger partial charge in [0.05, 0.1) is 5.92 Å². The SMILES string of the molecule is CCCC(C(=O)Cl)c1cccc2ccccc12. The van der Waals surface area contributed by atoms with Crippen LogP contribution in [0.4, 0.5) is 0 Å². The molecule has 17 heavy (non-hydrogen) atoms. The van der Waals surface area contributed by atoms with Crippen LogP contribution in [-0.2, 0) is 4.79 Å². The van der Waals surface area contributed by atoms with Gasteiger partial charge in [0.1, 0.15) is 0 Å². The van der Waals surface area contributed by atoms with E-state index in [1.165, 1.54) is 0 Å². The van der Waals surface area contributed by atoms with Crippen LogP contribution in [0.1, 0.15) is 31.2 Å². The van der Waals surface area contributed by atoms with Crippen molar-refractivity contribution in [2.24, 2.45) is 0 Å². The van der Waals surface area contributed by atoms with Crippen molar-refractivity contribution in [3.63, 3.8) is 0 Å². The van der Waals surface area contributed by atoms with Crippen molar-refractivity contribution in [2.45, 2.75) is 25.7 Å². The molecule has 0 saturated heterocycles. The maximum atomic E-state index is 11.5. The van der Waals surface area contributed by atoms with Gasteiger partial charge < -0.3 is 0 Å². The molecule has 1 unspecified atom stereocenters. The standard InChI is InChI=1S/C15H15ClO/c1-2-6-14(15(16)17)13-10-5-8-11-7-3-4-9-12(11)13/h3-5,7-10,14H,2,6H2,1H3. The summed E-state index contributed by atoms with van der Waals surface area (Å²) in [5.74, 6) is -0.187. The topological polar surface area (TPSA) is 17.1 Å². The Morgan fingerprint density at radius 3 is 2.59 bits per heavy atom. The molecule has 0 aliphatic carbocycles. The molecule has 0 bridgehead atoms. The second-order valence-electron chi connectivity index (χ2n) is 4.21. The summed E-state index contributed by atoms with van der Waals surface area (Å²) in [7, 11) is 0. The predicted octanol–water partition coefficient (Wildman–Crippen LogP) is 4.49. The maximum absolute atomic E-state index is 11.5. The lowest BCUT2D eigenvalue weighted by molar-refractivity contribution is -0.113. The minimum Gasteiger partial charge on any atom is -0.281 e. The molecule has 2 aromatic rings. The Bertz CT molecular complexity index is 528. The van der Waals surface area contributed by atoms with E-state index >= 15 is 0 Å². The lowest BCUT2D eigenvalue weighted by Crippen LogP contribution is -2.07. The first-order chi connectivity index (χ1) is 8.24. The van der Waals surface area contributed by atoms with Crippen LogP contribution in [-0.4, -0.2) is 5.24 Å². The third kappa shape index (κ3) is 2.50. The molecule has 2 heteroatoms. The van der Waals surface area contributed by atoms with Crippen LogP contribution in [0.5, 0.6) is 0 Å². The van der Waals surface area contributed by atoms with Crippen LogP contribution in [0.15, 0.2) is 42.5 Å². The van der Waals surface area contributed by atoms with E-state index < -0.39 is 0 Å². The number of benzene rings is 2. The van der Waals surface area contributed by atoms with Crippen LogP contribution in [0, 0.1) is 0 Å². The third-order valence-corrected chi connectivity index (χ3v) is 3.31. The van der Waals surface area contributed by atoms with Crippen molar-refractivity contribution in [3.8, 4) is 0 Å². The average molecular weight is 247 g/mol. The fourth-order valence-electron chi connectivity index (χ4n) is 2.23. The molecule has 0 saturated carbocycles. The molecule has 0 radical (unpaired) electrons. The summed E-state index contributed by atoms with van der Waals surface area (Å²) in [6.45, 7) is 2.07. The van der Waals surface area contributed by atoms with Crippen molar-refractivity contribution in [1.29, 1.82) is 0 Å². The largest absolute Gasteiger partial charge is 0.281 e. The molecule has 0 aliphatic heterocycles. The van der Waals surface area contributed by atoms with Crippen molar-refractivity contribution >= 4 is 27.6 Å². The first-order valence-corrected chi connectivity index (χ1v) is 6.29. The Morgan fingerprint density at radius 2 is 1.88 bits per heavy atom. The molecule has 1 atom stereocenters. The highest BCUT2D eigenvalue weighted by molar-refractivity contribution is 6.64. The Balaban J connectivity index is 2.56. The van der Waals surface area contributed by atoms with Crippen molar-refractivity contribution in [1.82, 2.24) is 0 Å². The van der Waals surface area contributed by atoms with Gasteiger partial charge in [-0.1, -0.05) is 55.8 Å². The summed E-state index contributed by atoms with van der Waals surface area (Å²) < 4.78 is 0. The first kappa shape index (κ1) is 12.1. The van der Waals surface area contributed by atoms with E-state index in [-0.39, 0.29) is 11.2 Å². The van der Waals surface area contributed by atoms with Gasteiger partial charge in [-0.3, -0.25) is 4.79 Å². The molecule has 0 heterocycles. The third-order valence-electron chi connectivity index (χ3n) is 3.05. The average Bonchev–Trinajstić information content (AvgIpc) is 2.35. The van der Waals surface area contributed by atoms with Crippen LogP contribution < -0.4 is 0 Å². The Morgan fingerprint density at radius 1 is 1.18 bits per heavy atom. The predicted molar refractivity (Wildman–Crippen MR) is 72.5 cm³/mol.